The summed E-state index contributed by atoms with van der Waals surface area (Å²) >= 11 is 11.7. The molecule has 1 rings (SSSR count). The van der Waals surface area contributed by atoms with Gasteiger partial charge in [0.05, 0.1) is 0 Å². The SMILES string of the molecule is CCCNC(=O)C(Cl)c1ccc(Cl)cc1. The van der Waals surface area contributed by atoms with Gasteiger partial charge in [0.1, 0.15) is 5.38 Å². The van der Waals surface area contributed by atoms with Gasteiger partial charge in [-0.2, -0.15) is 0 Å². The number of carbonyl (C=O) groups is 1. The van der Waals surface area contributed by atoms with E-state index in [9.17, 15) is 4.79 Å². The summed E-state index contributed by atoms with van der Waals surface area (Å²) in [6, 6.07) is 6.95. The van der Waals surface area contributed by atoms with Gasteiger partial charge in [0.15, 0.2) is 0 Å². The first-order valence-corrected chi connectivity index (χ1v) is 5.64. The summed E-state index contributed by atoms with van der Waals surface area (Å²) in [6.07, 6.45) is 0.899. The van der Waals surface area contributed by atoms with Gasteiger partial charge in [0.2, 0.25) is 5.91 Å². The highest BCUT2D eigenvalue weighted by Crippen LogP contribution is 2.22. The first-order valence-electron chi connectivity index (χ1n) is 4.82. The van der Waals surface area contributed by atoms with Crippen LogP contribution in [0, 0.1) is 0 Å². The number of hydrogen-bond donors (Lipinski definition) is 1. The zero-order valence-electron chi connectivity index (χ0n) is 8.47. The predicted molar refractivity (Wildman–Crippen MR) is 63.3 cm³/mol. The van der Waals surface area contributed by atoms with Crippen LogP contribution in [0.25, 0.3) is 0 Å². The molecule has 0 saturated heterocycles. The lowest BCUT2D eigenvalue weighted by Gasteiger charge is -2.10. The second-order valence-corrected chi connectivity index (χ2v) is 4.08. The van der Waals surface area contributed by atoms with Crippen LogP contribution in [0.15, 0.2) is 24.3 Å². The minimum absolute atomic E-state index is 0.166. The molecule has 0 radical (unpaired) electrons. The van der Waals surface area contributed by atoms with E-state index in [0.717, 1.165) is 12.0 Å². The molecule has 1 amide bonds. The number of alkyl halides is 1. The Kier molecular flexibility index (Phi) is 4.92. The van der Waals surface area contributed by atoms with E-state index in [2.05, 4.69) is 5.32 Å². The Labute approximate surface area is 99.6 Å². The maximum absolute atomic E-state index is 11.5. The third-order valence-corrected chi connectivity index (χ3v) is 2.64. The van der Waals surface area contributed by atoms with E-state index < -0.39 is 5.38 Å². The Morgan fingerprint density at radius 3 is 2.53 bits per heavy atom. The third kappa shape index (κ3) is 3.73. The lowest BCUT2D eigenvalue weighted by Crippen LogP contribution is -2.27. The van der Waals surface area contributed by atoms with Gasteiger partial charge in [-0.3, -0.25) is 4.79 Å². The molecule has 0 aliphatic heterocycles. The molecule has 0 saturated carbocycles. The van der Waals surface area contributed by atoms with Crippen molar-refractivity contribution in [3.8, 4) is 0 Å². The summed E-state index contributed by atoms with van der Waals surface area (Å²) in [7, 11) is 0. The minimum Gasteiger partial charge on any atom is -0.355 e. The van der Waals surface area contributed by atoms with Crippen molar-refractivity contribution in [1.29, 1.82) is 0 Å². The third-order valence-electron chi connectivity index (χ3n) is 1.94. The predicted octanol–water partition coefficient (Wildman–Crippen LogP) is 3.15. The molecule has 0 fully saturated rings. The van der Waals surface area contributed by atoms with E-state index in [4.69, 9.17) is 23.2 Å². The van der Waals surface area contributed by atoms with Crippen molar-refractivity contribution >= 4 is 29.1 Å². The molecule has 0 aliphatic rings. The van der Waals surface area contributed by atoms with E-state index in [1.165, 1.54) is 0 Å². The van der Waals surface area contributed by atoms with Crippen LogP contribution in [0.1, 0.15) is 24.3 Å². The normalized spacial score (nSPS) is 12.2. The van der Waals surface area contributed by atoms with E-state index in [1.54, 1.807) is 24.3 Å². The number of amides is 1. The lowest BCUT2D eigenvalue weighted by molar-refractivity contribution is -0.120. The van der Waals surface area contributed by atoms with Crippen molar-refractivity contribution in [3.63, 3.8) is 0 Å². The molecule has 0 aliphatic carbocycles. The number of halogens is 2. The van der Waals surface area contributed by atoms with Gasteiger partial charge in [0.25, 0.3) is 0 Å². The molecule has 15 heavy (non-hydrogen) atoms. The summed E-state index contributed by atoms with van der Waals surface area (Å²) in [5, 5.41) is 2.73. The quantitative estimate of drug-likeness (QED) is 0.812. The van der Waals surface area contributed by atoms with E-state index in [1.807, 2.05) is 6.92 Å². The molecule has 1 N–H and O–H groups in total. The van der Waals surface area contributed by atoms with Crippen molar-refractivity contribution in [1.82, 2.24) is 5.32 Å². The summed E-state index contributed by atoms with van der Waals surface area (Å²) in [5.41, 5.74) is 0.759. The van der Waals surface area contributed by atoms with Crippen LogP contribution in [0.2, 0.25) is 5.02 Å². The molecular formula is C11H13Cl2NO. The van der Waals surface area contributed by atoms with Gasteiger partial charge < -0.3 is 5.32 Å². The van der Waals surface area contributed by atoms with Crippen molar-refractivity contribution in [3.05, 3.63) is 34.9 Å². The average Bonchev–Trinajstić information content (AvgIpc) is 2.26. The highest BCUT2D eigenvalue weighted by atomic mass is 35.5. The molecule has 0 heterocycles. The summed E-state index contributed by atoms with van der Waals surface area (Å²) in [6.45, 7) is 2.64. The second kappa shape index (κ2) is 5.99. The van der Waals surface area contributed by atoms with Crippen LogP contribution in [-0.2, 0) is 4.79 Å². The van der Waals surface area contributed by atoms with Gasteiger partial charge >= 0.3 is 0 Å². The van der Waals surface area contributed by atoms with Gasteiger partial charge in [-0.05, 0) is 24.1 Å². The van der Waals surface area contributed by atoms with Crippen LogP contribution in [-0.4, -0.2) is 12.5 Å². The van der Waals surface area contributed by atoms with Gasteiger partial charge in [-0.25, -0.2) is 0 Å². The Balaban J connectivity index is 2.63. The molecule has 1 aromatic rings. The number of benzene rings is 1. The van der Waals surface area contributed by atoms with Crippen molar-refractivity contribution in [2.24, 2.45) is 0 Å². The lowest BCUT2D eigenvalue weighted by atomic mass is 10.1. The molecule has 82 valence electrons. The largest absolute Gasteiger partial charge is 0.355 e. The minimum atomic E-state index is -0.645. The molecule has 0 aromatic heterocycles. The van der Waals surface area contributed by atoms with Crippen molar-refractivity contribution in [2.75, 3.05) is 6.54 Å². The zero-order chi connectivity index (χ0) is 11.3. The number of hydrogen-bond acceptors (Lipinski definition) is 1. The fraction of sp³-hybridized carbons (Fsp3) is 0.364. The molecule has 1 atom stereocenters. The van der Waals surface area contributed by atoms with E-state index in [0.29, 0.717) is 11.6 Å². The monoisotopic (exact) mass is 245 g/mol. The van der Waals surface area contributed by atoms with Crippen LogP contribution in [0.4, 0.5) is 0 Å². The molecule has 0 bridgehead atoms. The van der Waals surface area contributed by atoms with Crippen LogP contribution >= 0.6 is 23.2 Å². The molecule has 0 spiro atoms. The Bertz CT molecular complexity index is 324. The van der Waals surface area contributed by atoms with Crippen LogP contribution in [0.5, 0.6) is 0 Å². The first-order chi connectivity index (χ1) is 7.15. The molecular weight excluding hydrogens is 233 g/mol. The Morgan fingerprint density at radius 1 is 1.40 bits per heavy atom. The highest BCUT2D eigenvalue weighted by molar-refractivity contribution is 6.31. The smallest absolute Gasteiger partial charge is 0.242 e. The van der Waals surface area contributed by atoms with Crippen molar-refractivity contribution in [2.45, 2.75) is 18.7 Å². The van der Waals surface area contributed by atoms with Crippen molar-refractivity contribution < 1.29 is 4.79 Å². The number of carbonyl (C=O) groups excluding carboxylic acids is 1. The molecule has 1 aromatic carbocycles. The molecule has 2 nitrogen and oxygen atoms in total. The van der Waals surface area contributed by atoms with E-state index in [-0.39, 0.29) is 5.91 Å². The first kappa shape index (κ1) is 12.3. The maximum Gasteiger partial charge on any atom is 0.242 e. The van der Waals surface area contributed by atoms with Gasteiger partial charge in [0, 0.05) is 11.6 Å². The fourth-order valence-electron chi connectivity index (χ4n) is 1.12. The molecule has 4 heteroatoms. The van der Waals surface area contributed by atoms with Crippen LogP contribution < -0.4 is 5.32 Å². The summed E-state index contributed by atoms with van der Waals surface area (Å²) in [5.74, 6) is -0.166. The number of nitrogens with one attached hydrogen (secondary N) is 1. The Morgan fingerprint density at radius 2 is 2.00 bits per heavy atom. The fourth-order valence-corrected chi connectivity index (χ4v) is 1.47. The Hall–Kier alpha value is -0.730. The van der Waals surface area contributed by atoms with Gasteiger partial charge in [-0.1, -0.05) is 30.7 Å². The van der Waals surface area contributed by atoms with Crippen LogP contribution in [0.3, 0.4) is 0 Å². The summed E-state index contributed by atoms with van der Waals surface area (Å²) in [4.78, 5) is 11.5. The summed E-state index contributed by atoms with van der Waals surface area (Å²) < 4.78 is 0. The standard InChI is InChI=1S/C11H13Cl2NO/c1-2-7-14-11(15)10(13)8-3-5-9(12)6-4-8/h3-6,10H,2,7H2,1H3,(H,14,15). The second-order valence-electron chi connectivity index (χ2n) is 3.21. The zero-order valence-corrected chi connectivity index (χ0v) is 9.98. The number of rotatable bonds is 4. The highest BCUT2D eigenvalue weighted by Gasteiger charge is 2.16. The maximum atomic E-state index is 11.5. The average molecular weight is 246 g/mol. The molecule has 1 unspecified atom stereocenters. The van der Waals surface area contributed by atoms with Gasteiger partial charge in [-0.15, -0.1) is 11.6 Å². The van der Waals surface area contributed by atoms with E-state index >= 15 is 0 Å². The topological polar surface area (TPSA) is 29.1 Å².